The van der Waals surface area contributed by atoms with Gasteiger partial charge >= 0.3 is 0 Å². The number of nitrogens with one attached hydrogen (secondary N) is 1. The molecule has 0 unspecified atom stereocenters. The maximum absolute atomic E-state index is 11.7. The van der Waals surface area contributed by atoms with Gasteiger partial charge in [-0.1, -0.05) is 0 Å². The van der Waals surface area contributed by atoms with Gasteiger partial charge in [-0.2, -0.15) is 4.98 Å². The first-order valence-corrected chi connectivity index (χ1v) is 13.3. The third-order valence-corrected chi connectivity index (χ3v) is 8.07. The van der Waals surface area contributed by atoms with Crippen molar-refractivity contribution < 1.29 is 18.6 Å². The second-order valence-corrected chi connectivity index (χ2v) is 11.9. The number of aliphatic hydroxyl groups is 2. The summed E-state index contributed by atoms with van der Waals surface area (Å²) in [6.07, 6.45) is 4.71. The molecular formula is C20H24N6O4S2. The van der Waals surface area contributed by atoms with Crippen LogP contribution < -0.4 is 11.1 Å². The van der Waals surface area contributed by atoms with Crippen molar-refractivity contribution in [2.24, 2.45) is 5.92 Å². The van der Waals surface area contributed by atoms with E-state index in [4.69, 9.17) is 10.7 Å². The quantitative estimate of drug-likeness (QED) is 0.406. The number of anilines is 2. The van der Waals surface area contributed by atoms with Crippen molar-refractivity contribution in [3.05, 3.63) is 24.2 Å². The Bertz CT molecular complexity index is 1280. The molecule has 3 heterocycles. The highest BCUT2D eigenvalue weighted by molar-refractivity contribution is 7.90. The van der Waals surface area contributed by atoms with Crippen LogP contribution in [-0.4, -0.2) is 68.8 Å². The van der Waals surface area contributed by atoms with Crippen LogP contribution in [0.2, 0.25) is 0 Å². The van der Waals surface area contributed by atoms with E-state index < -0.39 is 34.0 Å². The second-order valence-electron chi connectivity index (χ2n) is 8.65. The number of fused-ring (bicyclic) bond motifs is 1. The Morgan fingerprint density at radius 1 is 1.22 bits per heavy atom. The Labute approximate surface area is 188 Å². The maximum Gasteiger partial charge on any atom is 0.221 e. The number of nitrogens with two attached hydrogens (primary N) is 1. The maximum atomic E-state index is 11.7. The molecule has 2 fully saturated rings. The van der Waals surface area contributed by atoms with E-state index in [1.807, 2.05) is 6.07 Å². The Hall–Kier alpha value is -2.41. The van der Waals surface area contributed by atoms with E-state index in [0.29, 0.717) is 22.3 Å². The van der Waals surface area contributed by atoms with Crippen molar-refractivity contribution in [3.8, 4) is 10.6 Å². The molecule has 0 aliphatic heterocycles. The van der Waals surface area contributed by atoms with E-state index in [2.05, 4.69) is 20.3 Å². The summed E-state index contributed by atoms with van der Waals surface area (Å²) in [5.41, 5.74) is 8.33. The average molecular weight is 477 g/mol. The lowest BCUT2D eigenvalue weighted by Gasteiger charge is -2.20. The van der Waals surface area contributed by atoms with Gasteiger partial charge in [-0.05, 0) is 25.3 Å². The summed E-state index contributed by atoms with van der Waals surface area (Å²) in [5, 5.41) is 24.7. The molecule has 170 valence electrons. The first-order chi connectivity index (χ1) is 15.2. The van der Waals surface area contributed by atoms with Gasteiger partial charge in [-0.25, -0.2) is 18.4 Å². The van der Waals surface area contributed by atoms with E-state index in [0.717, 1.165) is 35.0 Å². The Morgan fingerprint density at radius 2 is 2.00 bits per heavy atom. The van der Waals surface area contributed by atoms with Crippen molar-refractivity contribution in [2.45, 2.75) is 43.4 Å². The Balaban J connectivity index is 1.47. The summed E-state index contributed by atoms with van der Waals surface area (Å²) in [6, 6.07) is 1.34. The van der Waals surface area contributed by atoms with Crippen LogP contribution in [0.4, 0.5) is 11.8 Å². The van der Waals surface area contributed by atoms with E-state index in [9.17, 15) is 18.6 Å². The van der Waals surface area contributed by atoms with Crippen molar-refractivity contribution in [2.75, 3.05) is 23.1 Å². The highest BCUT2D eigenvalue weighted by atomic mass is 32.2. The van der Waals surface area contributed by atoms with Gasteiger partial charge in [0.1, 0.15) is 32.3 Å². The number of nitrogens with zero attached hydrogens (tertiary/aromatic N) is 4. The molecule has 2 aliphatic carbocycles. The number of hydrogen-bond donors (Lipinski definition) is 4. The normalized spacial score (nSPS) is 26.0. The summed E-state index contributed by atoms with van der Waals surface area (Å²) >= 11 is 1.49. The topological polar surface area (TPSA) is 164 Å². The molecule has 2 aliphatic rings. The fourth-order valence-electron chi connectivity index (χ4n) is 4.30. The van der Waals surface area contributed by atoms with Gasteiger partial charge in [0, 0.05) is 30.5 Å². The first-order valence-electron chi connectivity index (χ1n) is 10.4. The SMILES string of the molecule is CS(=O)(=O)C[C@H]1C[C@@H](Nc2nc(N)ncc2-c2nc3c(C4CC4)nccc3s2)[C@H](O)[C@@H]1O. The number of aromatic nitrogens is 4. The molecule has 3 aromatic rings. The monoisotopic (exact) mass is 476 g/mol. The molecule has 10 nitrogen and oxygen atoms in total. The zero-order valence-corrected chi connectivity index (χ0v) is 19.0. The minimum Gasteiger partial charge on any atom is -0.390 e. The summed E-state index contributed by atoms with van der Waals surface area (Å²) in [6.45, 7) is 0. The molecule has 0 radical (unpaired) electrons. The number of hydrogen-bond acceptors (Lipinski definition) is 11. The molecule has 32 heavy (non-hydrogen) atoms. The van der Waals surface area contributed by atoms with E-state index in [-0.39, 0.29) is 18.1 Å². The minimum absolute atomic E-state index is 0.0541. The zero-order chi connectivity index (χ0) is 22.6. The van der Waals surface area contributed by atoms with E-state index in [1.165, 1.54) is 11.3 Å². The number of rotatable bonds is 6. The molecule has 0 bridgehead atoms. The van der Waals surface area contributed by atoms with Gasteiger partial charge in [0.25, 0.3) is 0 Å². The molecule has 5 N–H and O–H groups in total. The highest BCUT2D eigenvalue weighted by Crippen LogP contribution is 2.44. The number of aliphatic hydroxyl groups excluding tert-OH is 2. The predicted octanol–water partition coefficient (Wildman–Crippen LogP) is 1.17. The van der Waals surface area contributed by atoms with Gasteiger partial charge in [-0.3, -0.25) is 4.98 Å². The van der Waals surface area contributed by atoms with Crippen molar-refractivity contribution in [3.63, 3.8) is 0 Å². The van der Waals surface area contributed by atoms with Crippen molar-refractivity contribution in [1.82, 2.24) is 19.9 Å². The lowest BCUT2D eigenvalue weighted by molar-refractivity contribution is 0.0216. The molecule has 0 spiro atoms. The largest absolute Gasteiger partial charge is 0.390 e. The molecule has 0 saturated heterocycles. The molecule has 12 heteroatoms. The molecule has 0 amide bonds. The summed E-state index contributed by atoms with van der Waals surface area (Å²) in [5.74, 6) is 0.120. The Morgan fingerprint density at radius 3 is 2.72 bits per heavy atom. The van der Waals surface area contributed by atoms with Gasteiger partial charge in [0.05, 0.1) is 33.9 Å². The summed E-state index contributed by atoms with van der Waals surface area (Å²) < 4.78 is 24.4. The van der Waals surface area contributed by atoms with Crippen LogP contribution in [0, 0.1) is 5.92 Å². The fraction of sp³-hybridized carbons (Fsp3) is 0.500. The van der Waals surface area contributed by atoms with Gasteiger partial charge in [0.2, 0.25) is 5.95 Å². The molecule has 3 aromatic heterocycles. The smallest absolute Gasteiger partial charge is 0.221 e. The number of thiazole rings is 1. The summed E-state index contributed by atoms with van der Waals surface area (Å²) in [4.78, 5) is 17.8. The standard InChI is InChI=1S/C20H24N6O4S2/c1-32(29,30)8-10-6-12(17(28)16(10)27)24-18-11(7-23-20(21)26-18)19-25-15-13(31-19)4-5-22-14(15)9-2-3-9/h4-5,7,9-10,12,16-17,27-28H,2-3,6,8H2,1H3,(H3,21,23,24,26)/t10-,12-,16-,17+/m1/s1. The van der Waals surface area contributed by atoms with Crippen LogP contribution in [0.3, 0.4) is 0 Å². The predicted molar refractivity (Wildman–Crippen MR) is 122 cm³/mol. The van der Waals surface area contributed by atoms with Crippen molar-refractivity contribution >= 4 is 43.2 Å². The van der Waals surface area contributed by atoms with Crippen LogP contribution in [0.5, 0.6) is 0 Å². The molecule has 4 atom stereocenters. The number of nitrogen functional groups attached to an aromatic ring is 1. The third kappa shape index (κ3) is 4.15. The lowest BCUT2D eigenvalue weighted by atomic mass is 10.1. The van der Waals surface area contributed by atoms with Gasteiger partial charge < -0.3 is 21.3 Å². The number of sulfone groups is 1. The van der Waals surface area contributed by atoms with Gasteiger partial charge in [-0.15, -0.1) is 11.3 Å². The second kappa shape index (κ2) is 7.87. The van der Waals surface area contributed by atoms with Gasteiger partial charge in [0.15, 0.2) is 0 Å². The first kappa shape index (κ1) is 21.4. The van der Waals surface area contributed by atoms with Crippen LogP contribution in [0.25, 0.3) is 20.8 Å². The van der Waals surface area contributed by atoms with Crippen LogP contribution >= 0.6 is 11.3 Å². The van der Waals surface area contributed by atoms with E-state index in [1.54, 1.807) is 12.4 Å². The van der Waals surface area contributed by atoms with E-state index >= 15 is 0 Å². The third-order valence-electron chi connectivity index (χ3n) is 5.98. The van der Waals surface area contributed by atoms with Crippen molar-refractivity contribution in [1.29, 1.82) is 0 Å². The minimum atomic E-state index is -3.30. The zero-order valence-electron chi connectivity index (χ0n) is 17.3. The molecule has 2 saturated carbocycles. The highest BCUT2D eigenvalue weighted by Gasteiger charge is 2.43. The molecule has 5 rings (SSSR count). The Kier molecular flexibility index (Phi) is 5.27. The fourth-order valence-corrected chi connectivity index (χ4v) is 6.40. The molecular weight excluding hydrogens is 452 g/mol. The van der Waals surface area contributed by atoms with Crippen LogP contribution in [0.15, 0.2) is 18.5 Å². The lowest BCUT2D eigenvalue weighted by Crippen LogP contribution is -2.36. The van der Waals surface area contributed by atoms with Crippen LogP contribution in [-0.2, 0) is 9.84 Å². The summed E-state index contributed by atoms with van der Waals surface area (Å²) in [7, 11) is -3.30. The average Bonchev–Trinajstić information content (AvgIpc) is 3.43. The van der Waals surface area contributed by atoms with Crippen LogP contribution in [0.1, 0.15) is 30.9 Å². The number of pyridine rings is 1. The molecule has 0 aromatic carbocycles.